The van der Waals surface area contributed by atoms with Crippen molar-refractivity contribution in [2.45, 2.75) is 12.7 Å². The van der Waals surface area contributed by atoms with Gasteiger partial charge < -0.3 is 5.32 Å². The second-order valence-electron chi connectivity index (χ2n) is 2.62. The number of rotatable bonds is 2. The summed E-state index contributed by atoms with van der Waals surface area (Å²) in [5, 5.41) is 3.11. The van der Waals surface area contributed by atoms with Crippen LogP contribution in [0.3, 0.4) is 0 Å². The number of hydrogen-bond donors (Lipinski definition) is 2. The van der Waals surface area contributed by atoms with Gasteiger partial charge in [-0.05, 0) is 30.2 Å². The zero-order valence-electron chi connectivity index (χ0n) is 6.89. The van der Waals surface area contributed by atoms with Gasteiger partial charge in [-0.1, -0.05) is 6.07 Å². The Kier molecular flexibility index (Phi) is 2.83. The first kappa shape index (κ1) is 8.47. The van der Waals surface area contributed by atoms with Crippen molar-refractivity contribution in [1.82, 2.24) is 0 Å². The summed E-state index contributed by atoms with van der Waals surface area (Å²) in [5.74, 6) is 0.802. The largest absolute Gasteiger partial charge is 0.388 e. The predicted molar refractivity (Wildman–Crippen MR) is 53.4 cm³/mol. The summed E-state index contributed by atoms with van der Waals surface area (Å²) in [5.41, 5.74) is 3.70. The quantitative estimate of drug-likeness (QED) is 0.645. The molecule has 11 heavy (non-hydrogen) atoms. The monoisotopic (exact) mass is 167 g/mol. The fraction of sp³-hybridized carbons (Fsp3) is 0.333. The van der Waals surface area contributed by atoms with Crippen molar-refractivity contribution in [2.75, 3.05) is 12.4 Å². The molecule has 0 aromatic heterocycles. The Labute approximate surface area is 73.2 Å². The minimum absolute atomic E-state index is 0.802. The maximum atomic E-state index is 4.22. The minimum atomic E-state index is 0.802. The van der Waals surface area contributed by atoms with E-state index in [0.29, 0.717) is 0 Å². The Hall–Kier alpha value is -0.630. The van der Waals surface area contributed by atoms with Crippen molar-refractivity contribution in [2.24, 2.45) is 0 Å². The van der Waals surface area contributed by atoms with Gasteiger partial charge in [0.1, 0.15) is 0 Å². The number of nitrogens with one attached hydrogen (secondary N) is 1. The first-order valence-corrected chi connectivity index (χ1v) is 4.28. The number of anilines is 1. The van der Waals surface area contributed by atoms with Crippen molar-refractivity contribution >= 4 is 18.3 Å². The molecule has 0 spiro atoms. The predicted octanol–water partition coefficient (Wildman–Crippen LogP) is 2.47. The second-order valence-corrected chi connectivity index (χ2v) is 2.93. The molecule has 0 aliphatic rings. The minimum Gasteiger partial charge on any atom is -0.388 e. The van der Waals surface area contributed by atoms with Crippen molar-refractivity contribution in [3.8, 4) is 0 Å². The van der Waals surface area contributed by atoms with Crippen molar-refractivity contribution < 1.29 is 0 Å². The molecule has 1 N–H and O–H groups in total. The summed E-state index contributed by atoms with van der Waals surface area (Å²) in [4.78, 5) is 0. The lowest BCUT2D eigenvalue weighted by Gasteiger charge is -2.04. The van der Waals surface area contributed by atoms with Crippen LogP contribution in [0.4, 0.5) is 5.69 Å². The lowest BCUT2D eigenvalue weighted by molar-refractivity contribution is 1.34. The fourth-order valence-corrected chi connectivity index (χ4v) is 1.28. The highest BCUT2D eigenvalue weighted by atomic mass is 32.1. The molecule has 1 aromatic carbocycles. The van der Waals surface area contributed by atoms with Gasteiger partial charge in [0.05, 0.1) is 0 Å². The molecule has 0 amide bonds. The van der Waals surface area contributed by atoms with Gasteiger partial charge in [0.15, 0.2) is 0 Å². The van der Waals surface area contributed by atoms with E-state index in [9.17, 15) is 0 Å². The van der Waals surface area contributed by atoms with Crippen LogP contribution in [0.1, 0.15) is 11.1 Å². The van der Waals surface area contributed by atoms with E-state index in [2.05, 4.69) is 43.1 Å². The molecule has 0 radical (unpaired) electrons. The zero-order chi connectivity index (χ0) is 8.27. The molecule has 0 aliphatic carbocycles. The van der Waals surface area contributed by atoms with Crippen molar-refractivity contribution in [3.63, 3.8) is 0 Å². The topological polar surface area (TPSA) is 12.0 Å². The van der Waals surface area contributed by atoms with Crippen LogP contribution in [0.2, 0.25) is 0 Å². The third kappa shape index (κ3) is 2.15. The Morgan fingerprint density at radius 3 is 2.64 bits per heavy atom. The molecule has 0 atom stereocenters. The van der Waals surface area contributed by atoms with Gasteiger partial charge in [-0.15, -0.1) is 0 Å². The van der Waals surface area contributed by atoms with E-state index in [4.69, 9.17) is 0 Å². The van der Waals surface area contributed by atoms with Crippen LogP contribution in [-0.2, 0) is 5.75 Å². The fourth-order valence-electron chi connectivity index (χ4n) is 1.10. The molecule has 0 heterocycles. The van der Waals surface area contributed by atoms with Gasteiger partial charge in [-0.2, -0.15) is 12.6 Å². The summed E-state index contributed by atoms with van der Waals surface area (Å²) in [6.45, 7) is 2.09. The summed E-state index contributed by atoms with van der Waals surface area (Å²) >= 11 is 4.22. The molecule has 0 saturated heterocycles. The van der Waals surface area contributed by atoms with Crippen LogP contribution >= 0.6 is 12.6 Å². The lowest BCUT2D eigenvalue weighted by atomic mass is 10.1. The van der Waals surface area contributed by atoms with Gasteiger partial charge in [-0.3, -0.25) is 0 Å². The highest BCUT2D eigenvalue weighted by Gasteiger charge is 1.94. The number of benzene rings is 1. The van der Waals surface area contributed by atoms with Crippen LogP contribution in [0, 0.1) is 6.92 Å². The third-order valence-corrected chi connectivity index (χ3v) is 1.97. The van der Waals surface area contributed by atoms with E-state index < -0.39 is 0 Å². The van der Waals surface area contributed by atoms with Crippen LogP contribution in [-0.4, -0.2) is 7.05 Å². The summed E-state index contributed by atoms with van der Waals surface area (Å²) in [6.07, 6.45) is 0. The molecule has 0 bridgehead atoms. The Bertz CT molecular complexity index is 223. The van der Waals surface area contributed by atoms with Crippen LogP contribution < -0.4 is 5.32 Å². The van der Waals surface area contributed by atoms with E-state index in [1.54, 1.807) is 0 Å². The molecular formula is C9H13NS. The Balaban J connectivity index is 3.02. The van der Waals surface area contributed by atoms with Crippen molar-refractivity contribution in [1.29, 1.82) is 0 Å². The molecule has 0 aliphatic heterocycles. The number of hydrogen-bond acceptors (Lipinski definition) is 2. The molecule has 60 valence electrons. The van der Waals surface area contributed by atoms with Gasteiger partial charge in [0.25, 0.3) is 0 Å². The van der Waals surface area contributed by atoms with E-state index in [1.807, 2.05) is 7.05 Å². The van der Waals surface area contributed by atoms with Gasteiger partial charge in [0.2, 0.25) is 0 Å². The second kappa shape index (κ2) is 3.67. The molecule has 0 saturated carbocycles. The third-order valence-electron chi connectivity index (χ3n) is 1.61. The smallest absolute Gasteiger partial charge is 0.0343 e. The van der Waals surface area contributed by atoms with E-state index >= 15 is 0 Å². The zero-order valence-corrected chi connectivity index (χ0v) is 7.78. The first-order valence-electron chi connectivity index (χ1n) is 3.65. The van der Waals surface area contributed by atoms with Gasteiger partial charge in [0, 0.05) is 18.5 Å². The van der Waals surface area contributed by atoms with E-state index in [-0.39, 0.29) is 0 Å². The molecule has 1 aromatic rings. The average molecular weight is 167 g/mol. The molecule has 2 heteroatoms. The van der Waals surface area contributed by atoms with E-state index in [1.165, 1.54) is 11.1 Å². The standard InChI is InChI=1S/C9H13NS/c1-7-3-8(6-11)5-9(4-7)10-2/h3-5,10-11H,6H2,1-2H3. The normalized spacial score (nSPS) is 9.73. The molecule has 0 unspecified atom stereocenters. The van der Waals surface area contributed by atoms with E-state index in [0.717, 1.165) is 11.4 Å². The Morgan fingerprint density at radius 1 is 1.36 bits per heavy atom. The first-order chi connectivity index (χ1) is 5.26. The average Bonchev–Trinajstić information content (AvgIpc) is 2.03. The number of aryl methyl sites for hydroxylation is 1. The summed E-state index contributed by atoms with van der Waals surface area (Å²) in [6, 6.07) is 6.38. The maximum absolute atomic E-state index is 4.22. The van der Waals surface area contributed by atoms with Gasteiger partial charge >= 0.3 is 0 Å². The molecular weight excluding hydrogens is 154 g/mol. The molecule has 1 nitrogen and oxygen atoms in total. The highest BCUT2D eigenvalue weighted by molar-refractivity contribution is 7.79. The molecule has 0 fully saturated rings. The Morgan fingerprint density at radius 2 is 2.09 bits per heavy atom. The number of thiol groups is 1. The van der Waals surface area contributed by atoms with Crippen LogP contribution in [0.5, 0.6) is 0 Å². The van der Waals surface area contributed by atoms with Gasteiger partial charge in [-0.25, -0.2) is 0 Å². The van der Waals surface area contributed by atoms with Crippen LogP contribution in [0.15, 0.2) is 18.2 Å². The highest BCUT2D eigenvalue weighted by Crippen LogP contribution is 2.14. The maximum Gasteiger partial charge on any atom is 0.0343 e. The van der Waals surface area contributed by atoms with Crippen LogP contribution in [0.25, 0.3) is 0 Å². The molecule has 1 rings (SSSR count). The van der Waals surface area contributed by atoms with Crippen molar-refractivity contribution in [3.05, 3.63) is 29.3 Å². The summed E-state index contributed by atoms with van der Waals surface area (Å²) < 4.78 is 0. The lowest BCUT2D eigenvalue weighted by Crippen LogP contribution is -1.90. The summed E-state index contributed by atoms with van der Waals surface area (Å²) in [7, 11) is 1.93. The SMILES string of the molecule is CNc1cc(C)cc(CS)c1.